The van der Waals surface area contributed by atoms with Crippen molar-refractivity contribution in [3.05, 3.63) is 78.0 Å². The van der Waals surface area contributed by atoms with Crippen LogP contribution in [0.25, 0.3) is 44.3 Å². The topological polar surface area (TPSA) is 12.9 Å². The molecule has 25 heavy (non-hydrogen) atoms. The van der Waals surface area contributed by atoms with Crippen molar-refractivity contribution in [2.75, 3.05) is 0 Å². The largest absolute Gasteiger partial charge is 0.256 e. The van der Waals surface area contributed by atoms with Crippen LogP contribution in [0.4, 0.5) is 0 Å². The van der Waals surface area contributed by atoms with Crippen LogP contribution >= 0.6 is 0 Å². The summed E-state index contributed by atoms with van der Waals surface area (Å²) < 4.78 is 0. The summed E-state index contributed by atoms with van der Waals surface area (Å²) >= 11 is 0. The summed E-state index contributed by atoms with van der Waals surface area (Å²) in [6.45, 7) is 4.67. The lowest BCUT2D eigenvalue weighted by Crippen LogP contribution is -2.15. The summed E-state index contributed by atoms with van der Waals surface area (Å²) in [4.78, 5) is 4.85. The van der Waals surface area contributed by atoms with Gasteiger partial charge in [0, 0.05) is 22.7 Å². The zero-order chi connectivity index (χ0) is 16.8. The molecule has 0 radical (unpaired) electrons. The molecule has 0 atom stereocenters. The van der Waals surface area contributed by atoms with Gasteiger partial charge >= 0.3 is 0 Å². The van der Waals surface area contributed by atoms with E-state index in [2.05, 4.69) is 74.5 Å². The van der Waals surface area contributed by atoms with Gasteiger partial charge in [-0.2, -0.15) is 0 Å². The highest BCUT2D eigenvalue weighted by Crippen LogP contribution is 2.57. The molecule has 3 aromatic carbocycles. The first-order chi connectivity index (χ1) is 12.2. The monoisotopic (exact) mass is 319 g/mol. The average Bonchev–Trinajstić information content (AvgIpc) is 2.80. The van der Waals surface area contributed by atoms with Gasteiger partial charge in [0.2, 0.25) is 0 Å². The van der Waals surface area contributed by atoms with Gasteiger partial charge in [-0.3, -0.25) is 4.98 Å². The molecular weight excluding hydrogens is 302 g/mol. The van der Waals surface area contributed by atoms with E-state index in [1.165, 1.54) is 49.7 Å². The molecule has 0 aliphatic heterocycles. The van der Waals surface area contributed by atoms with Crippen molar-refractivity contribution in [3.8, 4) is 33.5 Å². The van der Waals surface area contributed by atoms with Gasteiger partial charge in [-0.1, -0.05) is 68.4 Å². The quantitative estimate of drug-likeness (QED) is 0.332. The van der Waals surface area contributed by atoms with Crippen molar-refractivity contribution >= 4 is 10.8 Å². The molecule has 118 valence electrons. The lowest BCUT2D eigenvalue weighted by Gasteiger charge is -2.22. The number of pyridine rings is 1. The molecule has 1 aromatic heterocycles. The third kappa shape index (κ3) is 1.44. The number of benzene rings is 3. The van der Waals surface area contributed by atoms with E-state index in [0.717, 1.165) is 5.69 Å². The number of aromatic nitrogens is 1. The van der Waals surface area contributed by atoms with Gasteiger partial charge in [0.25, 0.3) is 0 Å². The van der Waals surface area contributed by atoms with E-state index in [0.29, 0.717) is 0 Å². The molecular formula is C24H17N. The van der Waals surface area contributed by atoms with Gasteiger partial charge in [-0.15, -0.1) is 0 Å². The maximum Gasteiger partial charge on any atom is 0.0789 e. The number of hydrogen-bond donors (Lipinski definition) is 0. The third-order valence-corrected chi connectivity index (χ3v) is 6.07. The summed E-state index contributed by atoms with van der Waals surface area (Å²) in [6, 6.07) is 22.2. The Labute approximate surface area is 147 Å². The van der Waals surface area contributed by atoms with Gasteiger partial charge in [0.1, 0.15) is 0 Å². The molecule has 0 fully saturated rings. The Balaban J connectivity index is 1.99. The van der Waals surface area contributed by atoms with Crippen LogP contribution in [-0.4, -0.2) is 4.98 Å². The molecule has 4 aromatic rings. The first kappa shape index (κ1) is 13.4. The molecule has 2 aliphatic carbocycles. The number of fused-ring (bicyclic) bond motifs is 3. The second-order valence-electron chi connectivity index (χ2n) is 7.64. The van der Waals surface area contributed by atoms with E-state index in [-0.39, 0.29) is 5.41 Å². The molecule has 1 heteroatoms. The maximum atomic E-state index is 4.85. The predicted molar refractivity (Wildman–Crippen MR) is 104 cm³/mol. The third-order valence-electron chi connectivity index (χ3n) is 6.07. The molecule has 0 amide bonds. The Morgan fingerprint density at radius 2 is 1.44 bits per heavy atom. The second-order valence-corrected chi connectivity index (χ2v) is 7.64. The molecule has 0 unspecified atom stereocenters. The van der Waals surface area contributed by atoms with Crippen molar-refractivity contribution in [3.63, 3.8) is 0 Å². The highest BCUT2D eigenvalue weighted by atomic mass is 14.7. The van der Waals surface area contributed by atoms with E-state index in [9.17, 15) is 0 Å². The second kappa shape index (κ2) is 4.18. The predicted octanol–water partition coefficient (Wildman–Crippen LogP) is 6.19. The Bertz CT molecular complexity index is 1210. The maximum absolute atomic E-state index is 4.85. The standard InChI is InChI=1S/C24H17N/c1-24(2)18-11-10-14-6-5-9-16-15-7-3-4-8-17(15)23-22(21(18)20(14)16)19(24)12-13-25-23/h3-13H,1-2H3. The Morgan fingerprint density at radius 1 is 0.680 bits per heavy atom. The van der Waals surface area contributed by atoms with Crippen molar-refractivity contribution in [2.24, 2.45) is 0 Å². The summed E-state index contributed by atoms with van der Waals surface area (Å²) in [6.07, 6.45) is 1.98. The first-order valence-corrected chi connectivity index (χ1v) is 8.84. The highest BCUT2D eigenvalue weighted by Gasteiger charge is 2.40. The molecule has 0 spiro atoms. The molecule has 6 rings (SSSR count). The van der Waals surface area contributed by atoms with Gasteiger partial charge in [0.15, 0.2) is 0 Å². The van der Waals surface area contributed by atoms with Gasteiger partial charge < -0.3 is 0 Å². The zero-order valence-electron chi connectivity index (χ0n) is 14.3. The van der Waals surface area contributed by atoms with Crippen LogP contribution in [0.3, 0.4) is 0 Å². The Kier molecular flexibility index (Phi) is 2.23. The molecule has 0 saturated carbocycles. The first-order valence-electron chi connectivity index (χ1n) is 8.84. The van der Waals surface area contributed by atoms with Gasteiger partial charge in [0.05, 0.1) is 5.69 Å². The van der Waals surface area contributed by atoms with E-state index in [1.54, 1.807) is 0 Å². The molecule has 1 nitrogen and oxygen atoms in total. The van der Waals surface area contributed by atoms with Crippen LogP contribution in [-0.2, 0) is 5.41 Å². The molecule has 0 saturated heterocycles. The lowest BCUT2D eigenvalue weighted by molar-refractivity contribution is 0.660. The van der Waals surface area contributed by atoms with Gasteiger partial charge in [-0.05, 0) is 44.7 Å². The highest BCUT2D eigenvalue weighted by molar-refractivity contribution is 6.15. The molecule has 2 aliphatic rings. The fourth-order valence-electron chi connectivity index (χ4n) is 4.89. The number of hydrogen-bond acceptors (Lipinski definition) is 1. The molecule has 0 bridgehead atoms. The van der Waals surface area contributed by atoms with E-state index < -0.39 is 0 Å². The normalized spacial score (nSPS) is 15.1. The fourth-order valence-corrected chi connectivity index (χ4v) is 4.89. The average molecular weight is 319 g/mol. The van der Waals surface area contributed by atoms with Crippen LogP contribution in [0.15, 0.2) is 66.9 Å². The fraction of sp³-hybridized carbons (Fsp3) is 0.125. The van der Waals surface area contributed by atoms with E-state index in [1.807, 2.05) is 6.20 Å². The smallest absolute Gasteiger partial charge is 0.0789 e. The summed E-state index contributed by atoms with van der Waals surface area (Å²) in [7, 11) is 0. The lowest BCUT2D eigenvalue weighted by atomic mass is 9.81. The van der Waals surface area contributed by atoms with Crippen LogP contribution in [0.1, 0.15) is 25.0 Å². The van der Waals surface area contributed by atoms with Crippen LogP contribution < -0.4 is 0 Å². The minimum absolute atomic E-state index is 0.00986. The Hall–Kier alpha value is -2.93. The minimum atomic E-state index is 0.00986. The summed E-state index contributed by atoms with van der Waals surface area (Å²) in [5, 5.41) is 2.69. The van der Waals surface area contributed by atoms with E-state index in [4.69, 9.17) is 4.98 Å². The summed E-state index contributed by atoms with van der Waals surface area (Å²) in [5.41, 5.74) is 10.5. The van der Waals surface area contributed by atoms with Crippen molar-refractivity contribution in [2.45, 2.75) is 19.3 Å². The SMILES string of the molecule is CC1(C)c2ccnc3c2-c2c1ccc1cccc(c21)-c1ccccc1-3. The Morgan fingerprint density at radius 3 is 2.32 bits per heavy atom. The number of nitrogens with zero attached hydrogens (tertiary/aromatic N) is 1. The summed E-state index contributed by atoms with van der Waals surface area (Å²) in [5.74, 6) is 0. The molecule has 0 N–H and O–H groups in total. The molecule has 1 heterocycles. The van der Waals surface area contributed by atoms with Crippen molar-refractivity contribution in [1.82, 2.24) is 4.98 Å². The van der Waals surface area contributed by atoms with E-state index >= 15 is 0 Å². The number of rotatable bonds is 0. The van der Waals surface area contributed by atoms with Crippen LogP contribution in [0.2, 0.25) is 0 Å². The minimum Gasteiger partial charge on any atom is -0.256 e. The van der Waals surface area contributed by atoms with Crippen LogP contribution in [0.5, 0.6) is 0 Å². The van der Waals surface area contributed by atoms with Crippen LogP contribution in [0, 0.1) is 0 Å². The zero-order valence-corrected chi connectivity index (χ0v) is 14.3. The van der Waals surface area contributed by atoms with Crippen molar-refractivity contribution in [1.29, 1.82) is 0 Å². The van der Waals surface area contributed by atoms with Crippen molar-refractivity contribution < 1.29 is 0 Å². The van der Waals surface area contributed by atoms with Gasteiger partial charge in [-0.25, -0.2) is 0 Å².